The largest absolute Gasteiger partial charge is 0.497 e. The molecule has 0 radical (unpaired) electrons. The lowest BCUT2D eigenvalue weighted by Crippen LogP contribution is -2.12. The van der Waals surface area contributed by atoms with Gasteiger partial charge in [-0.2, -0.15) is 5.10 Å². The van der Waals surface area contributed by atoms with Gasteiger partial charge in [-0.1, -0.05) is 41.9 Å². The molecule has 4 rings (SSSR count). The number of methoxy groups -OCH3 is 1. The Hall–Kier alpha value is -3.77. The number of nitrogens with one attached hydrogen (secondary N) is 1. The average Bonchev–Trinajstić information content (AvgIpc) is 3.26. The fourth-order valence-electron chi connectivity index (χ4n) is 3.36. The predicted molar refractivity (Wildman–Crippen MR) is 129 cm³/mol. The number of amides is 1. The van der Waals surface area contributed by atoms with Crippen LogP contribution in [0, 0.1) is 6.92 Å². The Bertz CT molecular complexity index is 1270. The molecule has 0 fully saturated rings. The van der Waals surface area contributed by atoms with Crippen molar-refractivity contribution in [3.8, 4) is 11.5 Å². The second-order valence-electron chi connectivity index (χ2n) is 7.66. The van der Waals surface area contributed by atoms with Crippen molar-refractivity contribution >= 4 is 23.2 Å². The quantitative estimate of drug-likeness (QED) is 0.363. The van der Waals surface area contributed by atoms with Gasteiger partial charge in [-0.05, 0) is 60.0 Å². The number of carbonyl (C=O) groups excluding carboxylic acids is 1. The van der Waals surface area contributed by atoms with E-state index in [1.165, 1.54) is 0 Å². The lowest BCUT2D eigenvalue weighted by atomic mass is 10.1. The number of benzene rings is 3. The zero-order valence-electron chi connectivity index (χ0n) is 18.4. The first-order chi connectivity index (χ1) is 16.0. The first-order valence-corrected chi connectivity index (χ1v) is 10.8. The molecule has 0 aliphatic heterocycles. The highest BCUT2D eigenvalue weighted by molar-refractivity contribution is 6.32. The lowest BCUT2D eigenvalue weighted by Gasteiger charge is -2.10. The zero-order valence-corrected chi connectivity index (χ0v) is 19.2. The summed E-state index contributed by atoms with van der Waals surface area (Å²) < 4.78 is 12.9. The molecule has 1 aromatic heterocycles. The van der Waals surface area contributed by atoms with E-state index in [4.69, 9.17) is 21.1 Å². The minimum Gasteiger partial charge on any atom is -0.497 e. The van der Waals surface area contributed by atoms with Gasteiger partial charge in [-0.3, -0.25) is 9.48 Å². The Morgan fingerprint density at radius 1 is 1.06 bits per heavy atom. The highest BCUT2D eigenvalue weighted by Gasteiger charge is 2.10. The fourth-order valence-corrected chi connectivity index (χ4v) is 3.53. The first kappa shape index (κ1) is 22.4. The van der Waals surface area contributed by atoms with E-state index >= 15 is 0 Å². The van der Waals surface area contributed by atoms with Crippen LogP contribution >= 0.6 is 11.6 Å². The first-order valence-electron chi connectivity index (χ1n) is 10.4. The summed E-state index contributed by atoms with van der Waals surface area (Å²) in [6, 6.07) is 20.7. The minimum absolute atomic E-state index is 0.216. The van der Waals surface area contributed by atoms with E-state index in [0.29, 0.717) is 35.2 Å². The molecular weight excluding hydrogens is 438 g/mol. The topological polar surface area (TPSA) is 65.4 Å². The molecule has 1 amide bonds. The summed E-state index contributed by atoms with van der Waals surface area (Å²) in [7, 11) is 1.64. The van der Waals surface area contributed by atoms with Crippen molar-refractivity contribution in [3.63, 3.8) is 0 Å². The monoisotopic (exact) mass is 461 g/mol. The van der Waals surface area contributed by atoms with Crippen LogP contribution in [0.2, 0.25) is 5.02 Å². The number of carbonyl (C=O) groups is 1. The van der Waals surface area contributed by atoms with E-state index in [9.17, 15) is 4.79 Å². The molecule has 4 aromatic rings. The van der Waals surface area contributed by atoms with Crippen LogP contribution in [-0.2, 0) is 13.2 Å². The highest BCUT2D eigenvalue weighted by atomic mass is 35.5. The van der Waals surface area contributed by atoms with Gasteiger partial charge in [0, 0.05) is 11.8 Å². The summed E-state index contributed by atoms with van der Waals surface area (Å²) in [5.74, 6) is 1.20. The maximum atomic E-state index is 12.8. The molecule has 168 valence electrons. The van der Waals surface area contributed by atoms with Crippen LogP contribution in [0.1, 0.15) is 27.0 Å². The second-order valence-corrected chi connectivity index (χ2v) is 8.06. The summed E-state index contributed by atoms with van der Waals surface area (Å²) in [5, 5.41) is 7.79. The van der Waals surface area contributed by atoms with Crippen LogP contribution in [0.25, 0.3) is 0 Å². The number of aromatic nitrogens is 2. The van der Waals surface area contributed by atoms with Gasteiger partial charge in [0.2, 0.25) is 0 Å². The molecule has 0 bridgehead atoms. The van der Waals surface area contributed by atoms with Gasteiger partial charge in [0.05, 0.1) is 30.6 Å². The molecular formula is C26H24ClN3O3. The van der Waals surface area contributed by atoms with Gasteiger partial charge in [0.25, 0.3) is 5.91 Å². The number of ether oxygens (including phenoxy) is 2. The minimum atomic E-state index is -0.216. The van der Waals surface area contributed by atoms with E-state index in [-0.39, 0.29) is 5.91 Å². The average molecular weight is 462 g/mol. The van der Waals surface area contributed by atoms with Crippen LogP contribution in [0.4, 0.5) is 5.69 Å². The van der Waals surface area contributed by atoms with Gasteiger partial charge >= 0.3 is 0 Å². The molecule has 1 N–H and O–H groups in total. The van der Waals surface area contributed by atoms with Crippen molar-refractivity contribution in [1.29, 1.82) is 0 Å². The van der Waals surface area contributed by atoms with E-state index in [1.54, 1.807) is 36.3 Å². The van der Waals surface area contributed by atoms with Crippen molar-refractivity contribution in [2.75, 3.05) is 12.4 Å². The van der Waals surface area contributed by atoms with Crippen LogP contribution in [0.15, 0.2) is 79.1 Å². The van der Waals surface area contributed by atoms with Crippen molar-refractivity contribution in [2.45, 2.75) is 20.1 Å². The summed E-state index contributed by atoms with van der Waals surface area (Å²) in [6.07, 6.45) is 3.43. The van der Waals surface area contributed by atoms with Gasteiger partial charge in [-0.25, -0.2) is 0 Å². The molecule has 0 aliphatic carbocycles. The lowest BCUT2D eigenvalue weighted by molar-refractivity contribution is 0.102. The third-order valence-corrected chi connectivity index (χ3v) is 5.35. The summed E-state index contributed by atoms with van der Waals surface area (Å²) >= 11 is 6.20. The Morgan fingerprint density at radius 3 is 2.73 bits per heavy atom. The van der Waals surface area contributed by atoms with E-state index in [0.717, 1.165) is 22.4 Å². The molecule has 7 heteroatoms. The smallest absolute Gasteiger partial charge is 0.255 e. The van der Waals surface area contributed by atoms with Gasteiger partial charge < -0.3 is 14.8 Å². The maximum Gasteiger partial charge on any atom is 0.255 e. The predicted octanol–water partition coefficient (Wildman–Crippen LogP) is 5.73. The Labute approximate surface area is 197 Å². The van der Waals surface area contributed by atoms with Crippen molar-refractivity contribution in [1.82, 2.24) is 9.78 Å². The molecule has 6 nitrogen and oxygen atoms in total. The number of halogens is 1. The van der Waals surface area contributed by atoms with Crippen LogP contribution in [-0.4, -0.2) is 22.8 Å². The van der Waals surface area contributed by atoms with Gasteiger partial charge in [0.15, 0.2) is 0 Å². The molecule has 33 heavy (non-hydrogen) atoms. The third-order valence-electron chi connectivity index (χ3n) is 5.04. The normalized spacial score (nSPS) is 10.6. The zero-order chi connectivity index (χ0) is 23.2. The summed E-state index contributed by atoms with van der Waals surface area (Å²) in [5.41, 5.74) is 4.14. The molecule has 0 unspecified atom stereocenters. The molecule has 3 aromatic carbocycles. The van der Waals surface area contributed by atoms with Crippen LogP contribution in [0.3, 0.4) is 0 Å². The van der Waals surface area contributed by atoms with Gasteiger partial charge in [-0.15, -0.1) is 0 Å². The van der Waals surface area contributed by atoms with Crippen molar-refractivity contribution < 1.29 is 14.3 Å². The second kappa shape index (κ2) is 10.2. The number of aryl methyl sites for hydroxylation is 1. The number of nitrogens with zero attached hydrogens (tertiary/aromatic N) is 2. The number of hydrogen-bond donors (Lipinski definition) is 1. The maximum absolute atomic E-state index is 12.8. The summed E-state index contributed by atoms with van der Waals surface area (Å²) in [6.45, 7) is 2.86. The van der Waals surface area contributed by atoms with Crippen molar-refractivity contribution in [3.05, 3.63) is 106 Å². The van der Waals surface area contributed by atoms with Crippen molar-refractivity contribution in [2.24, 2.45) is 0 Å². The number of hydrogen-bond acceptors (Lipinski definition) is 4. The van der Waals surface area contributed by atoms with Crippen LogP contribution < -0.4 is 14.8 Å². The number of anilines is 1. The van der Waals surface area contributed by atoms with E-state index < -0.39 is 0 Å². The SMILES string of the molecule is COc1cccc(Cn2cc(NC(=O)c3cccc(COc4cc(C)ccc4Cl)c3)cn2)c1. The molecule has 1 heterocycles. The molecule has 0 atom stereocenters. The molecule has 0 spiro atoms. The molecule has 0 aliphatic rings. The Balaban J connectivity index is 1.38. The van der Waals surface area contributed by atoms with Crippen LogP contribution in [0.5, 0.6) is 11.5 Å². The highest BCUT2D eigenvalue weighted by Crippen LogP contribution is 2.26. The van der Waals surface area contributed by atoms with E-state index in [1.807, 2.05) is 61.5 Å². The van der Waals surface area contributed by atoms with Gasteiger partial charge in [0.1, 0.15) is 18.1 Å². The molecule has 0 saturated heterocycles. The Morgan fingerprint density at radius 2 is 1.88 bits per heavy atom. The molecule has 0 saturated carbocycles. The summed E-state index contributed by atoms with van der Waals surface area (Å²) in [4.78, 5) is 12.8. The van der Waals surface area contributed by atoms with E-state index in [2.05, 4.69) is 10.4 Å². The third kappa shape index (κ3) is 5.93. The fraction of sp³-hybridized carbons (Fsp3) is 0.154. The standard InChI is InChI=1S/C26H24ClN3O3/c1-18-9-10-24(27)25(11-18)33-17-20-6-3-7-21(12-20)26(31)29-22-14-28-30(16-22)15-19-5-4-8-23(13-19)32-2/h3-14,16H,15,17H2,1-2H3,(H,29,31). The number of rotatable bonds is 8. The Kier molecular flexibility index (Phi) is 6.95.